The molecule has 1 aliphatic rings. The second-order valence-corrected chi connectivity index (χ2v) is 7.49. The predicted octanol–water partition coefficient (Wildman–Crippen LogP) is 3.06. The van der Waals surface area contributed by atoms with Crippen LogP contribution in [0.3, 0.4) is 0 Å². The van der Waals surface area contributed by atoms with Crippen LogP contribution in [0.1, 0.15) is 12.0 Å². The van der Waals surface area contributed by atoms with Gasteiger partial charge in [0.05, 0.1) is 24.9 Å². The molecule has 0 amide bonds. The quantitative estimate of drug-likeness (QED) is 0.569. The first-order chi connectivity index (χ1) is 14.8. The number of aromatic nitrogens is 4. The third kappa shape index (κ3) is 3.71. The van der Waals surface area contributed by atoms with Gasteiger partial charge in [0.15, 0.2) is 5.43 Å². The number of para-hydroxylation sites is 1. The van der Waals surface area contributed by atoms with Crippen molar-refractivity contribution in [2.75, 3.05) is 31.2 Å². The van der Waals surface area contributed by atoms with Crippen LogP contribution in [-0.2, 0) is 11.3 Å². The molecule has 0 aliphatic carbocycles. The normalized spacial score (nSPS) is 14.7. The number of nitrogens with one attached hydrogen (secondary N) is 1. The summed E-state index contributed by atoms with van der Waals surface area (Å²) in [5.41, 5.74) is 3.56. The van der Waals surface area contributed by atoms with Crippen LogP contribution in [0.2, 0.25) is 0 Å². The highest BCUT2D eigenvalue weighted by molar-refractivity contribution is 5.93. The maximum Gasteiger partial charge on any atom is 0.191 e. The summed E-state index contributed by atoms with van der Waals surface area (Å²) in [5.74, 6) is 0.821. The predicted molar refractivity (Wildman–Crippen MR) is 117 cm³/mol. The molecule has 5 rings (SSSR count). The fourth-order valence-corrected chi connectivity index (χ4v) is 3.90. The van der Waals surface area contributed by atoms with Gasteiger partial charge in [-0.1, -0.05) is 47.7 Å². The van der Waals surface area contributed by atoms with Gasteiger partial charge in [0, 0.05) is 36.7 Å². The molecule has 3 heterocycles. The Morgan fingerprint density at radius 2 is 1.93 bits per heavy atom. The molecule has 4 aromatic rings. The number of nitrogens with zero attached hydrogens (tertiary/aromatic N) is 4. The van der Waals surface area contributed by atoms with Crippen molar-refractivity contribution in [3.63, 3.8) is 0 Å². The van der Waals surface area contributed by atoms with Crippen LogP contribution in [0, 0.1) is 0 Å². The summed E-state index contributed by atoms with van der Waals surface area (Å²) in [4.78, 5) is 18.5. The van der Waals surface area contributed by atoms with Gasteiger partial charge in [-0.25, -0.2) is 4.68 Å². The van der Waals surface area contributed by atoms with Crippen LogP contribution in [0.4, 0.5) is 5.82 Å². The first kappa shape index (κ1) is 18.6. The highest BCUT2D eigenvalue weighted by atomic mass is 16.5. The summed E-state index contributed by atoms with van der Waals surface area (Å²) in [6.07, 6.45) is 2.86. The van der Waals surface area contributed by atoms with Crippen molar-refractivity contribution in [3.05, 3.63) is 76.6 Å². The van der Waals surface area contributed by atoms with Crippen LogP contribution in [0.25, 0.3) is 22.2 Å². The Morgan fingerprint density at radius 1 is 1.03 bits per heavy atom. The topological polar surface area (TPSA) is 76.0 Å². The van der Waals surface area contributed by atoms with E-state index in [-0.39, 0.29) is 5.43 Å². The standard InChI is InChI=1S/C23H23N5O2/c29-21-14-22(27-10-5-12-30-13-11-27)24-23-18(8-4-9-19(21)23)20-16-28(26-25-20)15-17-6-2-1-3-7-17/h1-4,6-9,14,16H,5,10-13,15H2,(H,24,29). The number of pyridine rings is 1. The van der Waals surface area contributed by atoms with Crippen molar-refractivity contribution in [2.24, 2.45) is 0 Å². The Balaban J connectivity index is 1.53. The Bertz CT molecular complexity index is 1210. The molecule has 0 atom stereocenters. The van der Waals surface area contributed by atoms with Gasteiger partial charge >= 0.3 is 0 Å². The first-order valence-electron chi connectivity index (χ1n) is 10.2. The molecule has 0 unspecified atom stereocenters. The van der Waals surface area contributed by atoms with E-state index in [1.165, 1.54) is 0 Å². The Labute approximate surface area is 173 Å². The van der Waals surface area contributed by atoms with Crippen LogP contribution in [0.15, 0.2) is 65.6 Å². The van der Waals surface area contributed by atoms with Crippen molar-refractivity contribution < 1.29 is 4.74 Å². The van der Waals surface area contributed by atoms with Crippen molar-refractivity contribution in [1.82, 2.24) is 20.0 Å². The molecule has 30 heavy (non-hydrogen) atoms. The Kier molecular flexibility index (Phi) is 5.03. The number of fused-ring (bicyclic) bond motifs is 1. The second-order valence-electron chi connectivity index (χ2n) is 7.49. The molecule has 1 fully saturated rings. The molecule has 7 heteroatoms. The minimum absolute atomic E-state index is 0.00226. The van der Waals surface area contributed by atoms with Crippen molar-refractivity contribution in [1.29, 1.82) is 0 Å². The molecule has 152 valence electrons. The minimum atomic E-state index is 0.00226. The number of hydrogen-bond acceptors (Lipinski definition) is 5. The number of anilines is 1. The molecule has 1 saturated heterocycles. The molecular weight excluding hydrogens is 378 g/mol. The molecule has 1 aliphatic heterocycles. The smallest absolute Gasteiger partial charge is 0.191 e. The van der Waals surface area contributed by atoms with Crippen LogP contribution < -0.4 is 10.3 Å². The maximum absolute atomic E-state index is 12.8. The lowest BCUT2D eigenvalue weighted by molar-refractivity contribution is 0.152. The number of hydrogen-bond donors (Lipinski definition) is 1. The largest absolute Gasteiger partial charge is 0.380 e. The minimum Gasteiger partial charge on any atom is -0.380 e. The zero-order valence-corrected chi connectivity index (χ0v) is 16.6. The second kappa shape index (κ2) is 8.12. The molecule has 7 nitrogen and oxygen atoms in total. The van der Waals surface area contributed by atoms with E-state index in [0.29, 0.717) is 18.5 Å². The van der Waals surface area contributed by atoms with E-state index < -0.39 is 0 Å². The van der Waals surface area contributed by atoms with E-state index in [2.05, 4.69) is 32.3 Å². The van der Waals surface area contributed by atoms with E-state index in [1.807, 2.05) is 47.3 Å². The average Bonchev–Trinajstić information content (AvgIpc) is 3.05. The lowest BCUT2D eigenvalue weighted by Crippen LogP contribution is -2.28. The molecule has 1 N–H and O–H groups in total. The van der Waals surface area contributed by atoms with Gasteiger partial charge in [0.1, 0.15) is 11.5 Å². The van der Waals surface area contributed by atoms with E-state index >= 15 is 0 Å². The molecule has 0 saturated carbocycles. The van der Waals surface area contributed by atoms with E-state index in [0.717, 1.165) is 54.3 Å². The monoisotopic (exact) mass is 401 g/mol. The van der Waals surface area contributed by atoms with Crippen LogP contribution in [0.5, 0.6) is 0 Å². The van der Waals surface area contributed by atoms with Gasteiger partial charge in [-0.05, 0) is 18.1 Å². The third-order valence-corrected chi connectivity index (χ3v) is 5.42. The lowest BCUT2D eigenvalue weighted by atomic mass is 10.1. The summed E-state index contributed by atoms with van der Waals surface area (Å²) in [6.45, 7) is 3.68. The molecule has 0 spiro atoms. The summed E-state index contributed by atoms with van der Waals surface area (Å²) >= 11 is 0. The van der Waals surface area contributed by atoms with Gasteiger partial charge in [-0.3, -0.25) is 4.79 Å². The SMILES string of the molecule is O=c1cc(N2CCCOCC2)[nH]c2c(-c3cn(Cc4ccccc4)nn3)cccc12. The Hall–Kier alpha value is -3.45. The van der Waals surface area contributed by atoms with Crippen molar-refractivity contribution in [3.8, 4) is 11.3 Å². The molecule has 0 radical (unpaired) electrons. The number of rotatable bonds is 4. The van der Waals surface area contributed by atoms with Gasteiger partial charge in [-0.2, -0.15) is 0 Å². The first-order valence-corrected chi connectivity index (χ1v) is 10.2. The zero-order valence-electron chi connectivity index (χ0n) is 16.6. The number of ether oxygens (including phenoxy) is 1. The summed E-state index contributed by atoms with van der Waals surface area (Å²) in [5, 5.41) is 9.32. The van der Waals surface area contributed by atoms with E-state index in [9.17, 15) is 4.79 Å². The highest BCUT2D eigenvalue weighted by Crippen LogP contribution is 2.26. The average molecular weight is 401 g/mol. The molecule has 2 aromatic carbocycles. The number of aromatic amines is 1. The van der Waals surface area contributed by atoms with Crippen molar-refractivity contribution >= 4 is 16.7 Å². The lowest BCUT2D eigenvalue weighted by Gasteiger charge is -2.22. The van der Waals surface area contributed by atoms with Crippen LogP contribution >= 0.6 is 0 Å². The maximum atomic E-state index is 12.8. The van der Waals surface area contributed by atoms with Gasteiger partial charge in [0.2, 0.25) is 0 Å². The van der Waals surface area contributed by atoms with Gasteiger partial charge in [0.25, 0.3) is 0 Å². The van der Waals surface area contributed by atoms with E-state index in [4.69, 9.17) is 4.74 Å². The Morgan fingerprint density at radius 3 is 2.83 bits per heavy atom. The zero-order chi connectivity index (χ0) is 20.3. The molecule has 0 bridgehead atoms. The third-order valence-electron chi connectivity index (χ3n) is 5.42. The number of benzene rings is 2. The summed E-state index contributed by atoms with van der Waals surface area (Å²) in [6, 6.07) is 17.5. The van der Waals surface area contributed by atoms with Gasteiger partial charge < -0.3 is 14.6 Å². The van der Waals surface area contributed by atoms with Gasteiger partial charge in [-0.15, -0.1) is 5.10 Å². The fourth-order valence-electron chi connectivity index (χ4n) is 3.90. The summed E-state index contributed by atoms with van der Waals surface area (Å²) in [7, 11) is 0. The van der Waals surface area contributed by atoms with Crippen molar-refractivity contribution in [2.45, 2.75) is 13.0 Å². The number of H-pyrrole nitrogens is 1. The summed E-state index contributed by atoms with van der Waals surface area (Å²) < 4.78 is 7.37. The molecule has 2 aromatic heterocycles. The molecular formula is C23H23N5O2. The van der Waals surface area contributed by atoms with E-state index in [1.54, 1.807) is 6.07 Å². The van der Waals surface area contributed by atoms with Crippen LogP contribution in [-0.4, -0.2) is 46.3 Å². The highest BCUT2D eigenvalue weighted by Gasteiger charge is 2.15. The fraction of sp³-hybridized carbons (Fsp3) is 0.261.